The number of rotatable bonds is 5. The van der Waals surface area contributed by atoms with Gasteiger partial charge in [0.25, 0.3) is 5.89 Å². The number of esters is 1. The molecule has 2 aromatic carbocycles. The van der Waals surface area contributed by atoms with Gasteiger partial charge in [-0.1, -0.05) is 33.2 Å². The minimum atomic E-state index is -0.585. The van der Waals surface area contributed by atoms with Crippen molar-refractivity contribution in [3.05, 3.63) is 64.5 Å². The standard InChI is InChI=1S/C20H15BrN4O5/c21-14-3-1-2-13(10-14)19-22-17(30-24-19)11-29-20(28)12-4-6-15(7-5-12)25-18(27)9-8-16(26)23-25/h1-7,10H,8-9,11H2,(H,23,26). The fraction of sp³-hybridized carbons (Fsp3) is 0.150. The number of hydrazine groups is 1. The smallest absolute Gasteiger partial charge is 0.338 e. The Morgan fingerprint density at radius 2 is 1.97 bits per heavy atom. The first-order valence-electron chi connectivity index (χ1n) is 8.98. The summed E-state index contributed by atoms with van der Waals surface area (Å²) in [6.45, 7) is -0.178. The van der Waals surface area contributed by atoms with Crippen molar-refractivity contribution >= 4 is 39.4 Å². The lowest BCUT2D eigenvalue weighted by molar-refractivity contribution is -0.130. The second kappa shape index (κ2) is 8.46. The zero-order valence-corrected chi connectivity index (χ0v) is 17.1. The molecule has 2 heterocycles. The zero-order valence-electron chi connectivity index (χ0n) is 15.5. The van der Waals surface area contributed by atoms with Gasteiger partial charge in [0.1, 0.15) is 0 Å². The van der Waals surface area contributed by atoms with Gasteiger partial charge >= 0.3 is 5.97 Å². The molecule has 3 aromatic rings. The molecule has 30 heavy (non-hydrogen) atoms. The molecule has 1 aromatic heterocycles. The number of carbonyl (C=O) groups is 3. The van der Waals surface area contributed by atoms with Crippen LogP contribution < -0.4 is 10.4 Å². The van der Waals surface area contributed by atoms with E-state index in [4.69, 9.17) is 9.26 Å². The quantitative estimate of drug-likeness (QED) is 0.569. The summed E-state index contributed by atoms with van der Waals surface area (Å²) < 4.78 is 11.2. The van der Waals surface area contributed by atoms with Crippen molar-refractivity contribution in [2.75, 3.05) is 5.01 Å². The monoisotopic (exact) mass is 470 g/mol. The second-order valence-electron chi connectivity index (χ2n) is 6.41. The highest BCUT2D eigenvalue weighted by molar-refractivity contribution is 9.10. The van der Waals surface area contributed by atoms with Crippen molar-refractivity contribution in [2.45, 2.75) is 19.4 Å². The summed E-state index contributed by atoms with van der Waals surface area (Å²) >= 11 is 3.38. The van der Waals surface area contributed by atoms with Crippen LogP contribution in [-0.4, -0.2) is 27.9 Å². The Morgan fingerprint density at radius 1 is 1.17 bits per heavy atom. The van der Waals surface area contributed by atoms with Crippen LogP contribution >= 0.6 is 15.9 Å². The number of hydrogen-bond acceptors (Lipinski definition) is 7. The summed E-state index contributed by atoms with van der Waals surface area (Å²) in [6, 6.07) is 13.5. The van der Waals surface area contributed by atoms with Gasteiger partial charge in [0.05, 0.1) is 11.3 Å². The van der Waals surface area contributed by atoms with E-state index < -0.39 is 5.97 Å². The topological polar surface area (TPSA) is 115 Å². The van der Waals surface area contributed by atoms with E-state index in [0.717, 1.165) is 10.0 Å². The highest BCUT2D eigenvalue weighted by atomic mass is 79.9. The summed E-state index contributed by atoms with van der Waals surface area (Å²) in [5, 5.41) is 5.05. The molecule has 0 atom stereocenters. The predicted molar refractivity (Wildman–Crippen MR) is 108 cm³/mol. The van der Waals surface area contributed by atoms with Crippen LogP contribution in [0.4, 0.5) is 5.69 Å². The molecule has 152 valence electrons. The van der Waals surface area contributed by atoms with E-state index >= 15 is 0 Å². The molecule has 10 heteroatoms. The number of hydrogen-bond donors (Lipinski definition) is 1. The fourth-order valence-electron chi connectivity index (χ4n) is 2.80. The Kier molecular flexibility index (Phi) is 5.57. The first-order valence-corrected chi connectivity index (χ1v) is 9.77. The Bertz CT molecular complexity index is 1110. The summed E-state index contributed by atoms with van der Waals surface area (Å²) in [6.07, 6.45) is 0.306. The van der Waals surface area contributed by atoms with Crippen LogP contribution in [0.15, 0.2) is 57.5 Å². The molecular formula is C20H15BrN4O5. The minimum Gasteiger partial charge on any atom is -0.452 e. The first-order chi connectivity index (χ1) is 14.5. The Labute approximate surface area is 179 Å². The SMILES string of the molecule is O=C1CCC(=O)N(c2ccc(C(=O)OCc3nc(-c4cccc(Br)c4)no3)cc2)N1. The van der Waals surface area contributed by atoms with Crippen molar-refractivity contribution < 1.29 is 23.6 Å². The van der Waals surface area contributed by atoms with E-state index in [2.05, 4.69) is 31.5 Å². The number of benzene rings is 2. The molecule has 1 fully saturated rings. The first kappa shape index (κ1) is 19.8. The van der Waals surface area contributed by atoms with Gasteiger partial charge in [0.15, 0.2) is 6.61 Å². The van der Waals surface area contributed by atoms with E-state index in [1.165, 1.54) is 17.1 Å². The van der Waals surface area contributed by atoms with Gasteiger partial charge < -0.3 is 9.26 Å². The maximum absolute atomic E-state index is 12.3. The molecule has 1 saturated heterocycles. The fourth-order valence-corrected chi connectivity index (χ4v) is 3.20. The molecule has 4 rings (SSSR count). The average Bonchev–Trinajstić information content (AvgIpc) is 3.23. The highest BCUT2D eigenvalue weighted by Crippen LogP contribution is 2.21. The van der Waals surface area contributed by atoms with Gasteiger partial charge in [-0.05, 0) is 36.4 Å². The lowest BCUT2D eigenvalue weighted by Crippen LogP contribution is -2.50. The average molecular weight is 471 g/mol. The summed E-state index contributed by atoms with van der Waals surface area (Å²) in [5.74, 6) is -0.489. The van der Waals surface area contributed by atoms with Crippen LogP contribution in [0.3, 0.4) is 0 Å². The zero-order chi connectivity index (χ0) is 21.1. The number of nitrogens with zero attached hydrogens (tertiary/aromatic N) is 3. The number of amides is 2. The van der Waals surface area contributed by atoms with Crippen LogP contribution in [0.2, 0.25) is 0 Å². The van der Waals surface area contributed by atoms with E-state index in [9.17, 15) is 14.4 Å². The Morgan fingerprint density at radius 3 is 2.73 bits per heavy atom. The highest BCUT2D eigenvalue weighted by Gasteiger charge is 2.24. The van der Waals surface area contributed by atoms with E-state index in [1.54, 1.807) is 12.1 Å². The summed E-state index contributed by atoms with van der Waals surface area (Å²) in [4.78, 5) is 39.9. The van der Waals surface area contributed by atoms with Crippen LogP contribution in [0.1, 0.15) is 29.1 Å². The number of ether oxygens (including phenoxy) is 1. The molecule has 0 unspecified atom stereocenters. The third-order valence-corrected chi connectivity index (χ3v) is 4.78. The summed E-state index contributed by atoms with van der Waals surface area (Å²) in [5.41, 5.74) is 4.00. The predicted octanol–water partition coefficient (Wildman–Crippen LogP) is 3.01. The normalized spacial score (nSPS) is 13.8. The van der Waals surface area contributed by atoms with E-state index in [1.807, 2.05) is 24.3 Å². The van der Waals surface area contributed by atoms with Gasteiger partial charge in [-0.15, -0.1) is 0 Å². The molecule has 0 spiro atoms. The van der Waals surface area contributed by atoms with E-state index in [-0.39, 0.29) is 42.7 Å². The Hall–Kier alpha value is -3.53. The third kappa shape index (κ3) is 4.38. The molecule has 1 aliphatic heterocycles. The van der Waals surface area contributed by atoms with Gasteiger partial charge in [0.2, 0.25) is 17.6 Å². The molecule has 0 aliphatic carbocycles. The van der Waals surface area contributed by atoms with Crippen LogP contribution in [0, 0.1) is 0 Å². The second-order valence-corrected chi connectivity index (χ2v) is 7.32. The molecule has 1 aliphatic rings. The number of carbonyl (C=O) groups excluding carboxylic acids is 3. The van der Waals surface area contributed by atoms with Crippen LogP contribution in [0.25, 0.3) is 11.4 Å². The van der Waals surface area contributed by atoms with Crippen LogP contribution in [-0.2, 0) is 20.9 Å². The van der Waals surface area contributed by atoms with Crippen molar-refractivity contribution in [1.29, 1.82) is 0 Å². The largest absolute Gasteiger partial charge is 0.452 e. The lowest BCUT2D eigenvalue weighted by Gasteiger charge is -2.27. The number of anilines is 1. The van der Waals surface area contributed by atoms with Crippen molar-refractivity contribution in [2.24, 2.45) is 0 Å². The van der Waals surface area contributed by atoms with Gasteiger partial charge in [-0.3, -0.25) is 15.0 Å². The maximum Gasteiger partial charge on any atom is 0.338 e. The number of halogens is 1. The number of nitrogens with one attached hydrogen (secondary N) is 1. The van der Waals surface area contributed by atoms with Gasteiger partial charge in [0, 0.05) is 22.9 Å². The number of aromatic nitrogens is 2. The minimum absolute atomic E-state index is 0.141. The summed E-state index contributed by atoms with van der Waals surface area (Å²) in [7, 11) is 0. The maximum atomic E-state index is 12.3. The lowest BCUT2D eigenvalue weighted by atomic mass is 10.2. The molecule has 2 amide bonds. The molecule has 1 N–H and O–H groups in total. The molecular weight excluding hydrogens is 456 g/mol. The van der Waals surface area contributed by atoms with Crippen molar-refractivity contribution in [1.82, 2.24) is 15.6 Å². The molecule has 0 saturated carbocycles. The van der Waals surface area contributed by atoms with Crippen molar-refractivity contribution in [3.63, 3.8) is 0 Å². The van der Waals surface area contributed by atoms with Gasteiger partial charge in [-0.2, -0.15) is 4.98 Å². The third-order valence-electron chi connectivity index (χ3n) is 4.29. The van der Waals surface area contributed by atoms with Crippen LogP contribution in [0.5, 0.6) is 0 Å². The molecule has 9 nitrogen and oxygen atoms in total. The van der Waals surface area contributed by atoms with Gasteiger partial charge in [-0.25, -0.2) is 9.80 Å². The Balaban J connectivity index is 1.38. The van der Waals surface area contributed by atoms with E-state index in [0.29, 0.717) is 11.5 Å². The van der Waals surface area contributed by atoms with Crippen molar-refractivity contribution in [3.8, 4) is 11.4 Å². The molecule has 0 bridgehead atoms. The molecule has 0 radical (unpaired) electrons.